The molecule has 12 heavy (non-hydrogen) atoms. The van der Waals surface area contributed by atoms with Gasteiger partial charge in [0.05, 0.1) is 6.10 Å². The van der Waals surface area contributed by atoms with Crippen LogP contribution in [0.2, 0.25) is 0 Å². The van der Waals surface area contributed by atoms with Gasteiger partial charge in [0.25, 0.3) is 0 Å². The van der Waals surface area contributed by atoms with Gasteiger partial charge in [-0.2, -0.15) is 0 Å². The van der Waals surface area contributed by atoms with E-state index in [0.717, 1.165) is 32.1 Å². The lowest BCUT2D eigenvalue weighted by Gasteiger charge is -2.16. The highest BCUT2D eigenvalue weighted by Gasteiger charge is 2.10. The van der Waals surface area contributed by atoms with Crippen LogP contribution in [0.15, 0.2) is 0 Å². The average Bonchev–Trinajstić information content (AvgIpc) is 2.10. The second-order valence-electron chi connectivity index (χ2n) is 3.53. The zero-order valence-corrected chi connectivity index (χ0v) is 8.29. The summed E-state index contributed by atoms with van der Waals surface area (Å²) in [5, 5.41) is 18.0. The van der Waals surface area contributed by atoms with Crippen molar-refractivity contribution in [1.29, 1.82) is 0 Å². The molecule has 0 radical (unpaired) electrons. The summed E-state index contributed by atoms with van der Waals surface area (Å²) in [7, 11) is 0. The van der Waals surface area contributed by atoms with Crippen LogP contribution in [0.4, 0.5) is 0 Å². The van der Waals surface area contributed by atoms with E-state index in [2.05, 4.69) is 6.92 Å². The molecule has 74 valence electrons. The molecule has 0 aliphatic heterocycles. The van der Waals surface area contributed by atoms with Crippen molar-refractivity contribution in [2.24, 2.45) is 5.92 Å². The van der Waals surface area contributed by atoms with E-state index in [9.17, 15) is 5.11 Å². The van der Waals surface area contributed by atoms with Crippen LogP contribution in [-0.4, -0.2) is 22.9 Å². The first-order valence-electron chi connectivity index (χ1n) is 5.01. The van der Waals surface area contributed by atoms with Crippen LogP contribution in [0, 0.1) is 5.92 Å². The number of hydrogen-bond acceptors (Lipinski definition) is 2. The number of rotatable bonds is 7. The van der Waals surface area contributed by atoms with Crippen molar-refractivity contribution in [1.82, 2.24) is 0 Å². The lowest BCUT2D eigenvalue weighted by molar-refractivity contribution is 0.106. The fourth-order valence-electron chi connectivity index (χ4n) is 1.35. The maximum Gasteiger partial charge on any atom is 0.0563 e. The summed E-state index contributed by atoms with van der Waals surface area (Å²) >= 11 is 0. The van der Waals surface area contributed by atoms with Gasteiger partial charge in [0.2, 0.25) is 0 Å². The SMILES string of the molecule is CCC(O)C(C)CCCCCO. The van der Waals surface area contributed by atoms with E-state index >= 15 is 0 Å². The van der Waals surface area contributed by atoms with Crippen molar-refractivity contribution in [2.45, 2.75) is 52.1 Å². The van der Waals surface area contributed by atoms with Gasteiger partial charge >= 0.3 is 0 Å². The fourth-order valence-corrected chi connectivity index (χ4v) is 1.35. The second-order valence-corrected chi connectivity index (χ2v) is 3.53. The Morgan fingerprint density at radius 3 is 2.33 bits per heavy atom. The molecule has 0 aromatic heterocycles. The van der Waals surface area contributed by atoms with Crippen molar-refractivity contribution in [3.63, 3.8) is 0 Å². The Kier molecular flexibility index (Phi) is 7.51. The molecule has 0 aromatic rings. The molecule has 2 unspecified atom stereocenters. The van der Waals surface area contributed by atoms with E-state index in [1.54, 1.807) is 0 Å². The van der Waals surface area contributed by atoms with Crippen molar-refractivity contribution >= 4 is 0 Å². The smallest absolute Gasteiger partial charge is 0.0563 e. The maximum absolute atomic E-state index is 9.43. The molecular weight excluding hydrogens is 152 g/mol. The summed E-state index contributed by atoms with van der Waals surface area (Å²) in [6, 6.07) is 0. The van der Waals surface area contributed by atoms with E-state index in [4.69, 9.17) is 5.11 Å². The number of aliphatic hydroxyl groups is 2. The van der Waals surface area contributed by atoms with E-state index in [-0.39, 0.29) is 6.10 Å². The van der Waals surface area contributed by atoms with Crippen LogP contribution in [-0.2, 0) is 0 Å². The van der Waals surface area contributed by atoms with E-state index in [1.165, 1.54) is 0 Å². The topological polar surface area (TPSA) is 40.5 Å². The Balaban J connectivity index is 3.24. The first kappa shape index (κ1) is 11.9. The van der Waals surface area contributed by atoms with Gasteiger partial charge in [-0.15, -0.1) is 0 Å². The quantitative estimate of drug-likeness (QED) is 0.579. The van der Waals surface area contributed by atoms with Gasteiger partial charge in [0, 0.05) is 6.61 Å². The average molecular weight is 174 g/mol. The van der Waals surface area contributed by atoms with Crippen molar-refractivity contribution in [3.8, 4) is 0 Å². The molecule has 0 saturated carbocycles. The number of hydrogen-bond donors (Lipinski definition) is 2. The van der Waals surface area contributed by atoms with Gasteiger partial charge in [-0.3, -0.25) is 0 Å². The predicted octanol–water partition coefficient (Wildman–Crippen LogP) is 1.95. The largest absolute Gasteiger partial charge is 0.396 e. The zero-order valence-electron chi connectivity index (χ0n) is 8.29. The Morgan fingerprint density at radius 1 is 1.17 bits per heavy atom. The van der Waals surface area contributed by atoms with Crippen LogP contribution >= 0.6 is 0 Å². The molecular formula is C10H22O2. The Hall–Kier alpha value is -0.0800. The summed E-state index contributed by atoms with van der Waals surface area (Å²) < 4.78 is 0. The molecule has 0 rings (SSSR count). The first-order valence-corrected chi connectivity index (χ1v) is 5.01. The third-order valence-corrected chi connectivity index (χ3v) is 2.39. The maximum atomic E-state index is 9.43. The molecule has 0 aliphatic carbocycles. The molecule has 0 spiro atoms. The third kappa shape index (κ3) is 5.56. The number of aliphatic hydroxyl groups excluding tert-OH is 2. The van der Waals surface area contributed by atoms with E-state index in [0.29, 0.717) is 12.5 Å². The van der Waals surface area contributed by atoms with Gasteiger partial charge in [0.1, 0.15) is 0 Å². The second kappa shape index (κ2) is 7.56. The molecule has 0 saturated heterocycles. The molecule has 0 aromatic carbocycles. The standard InChI is InChI=1S/C10H22O2/c1-3-10(12)9(2)7-5-4-6-8-11/h9-12H,3-8H2,1-2H3. The van der Waals surface area contributed by atoms with Crippen LogP contribution < -0.4 is 0 Å². The van der Waals surface area contributed by atoms with E-state index in [1.807, 2.05) is 6.92 Å². The Bertz CT molecular complexity index is 93.8. The van der Waals surface area contributed by atoms with Crippen LogP contribution in [0.3, 0.4) is 0 Å². The molecule has 0 fully saturated rings. The van der Waals surface area contributed by atoms with Gasteiger partial charge in [-0.1, -0.05) is 26.7 Å². The summed E-state index contributed by atoms with van der Waals surface area (Å²) in [5.74, 6) is 0.411. The zero-order chi connectivity index (χ0) is 9.40. The highest BCUT2D eigenvalue weighted by atomic mass is 16.3. The van der Waals surface area contributed by atoms with Crippen molar-refractivity contribution in [3.05, 3.63) is 0 Å². The van der Waals surface area contributed by atoms with Gasteiger partial charge in [0.15, 0.2) is 0 Å². The minimum Gasteiger partial charge on any atom is -0.396 e. The molecule has 2 nitrogen and oxygen atoms in total. The van der Waals surface area contributed by atoms with Gasteiger partial charge in [-0.05, 0) is 25.2 Å². The Morgan fingerprint density at radius 2 is 1.83 bits per heavy atom. The highest BCUT2D eigenvalue weighted by molar-refractivity contribution is 4.62. The summed E-state index contributed by atoms with van der Waals surface area (Å²) in [4.78, 5) is 0. The molecule has 2 atom stereocenters. The predicted molar refractivity (Wildman–Crippen MR) is 51.0 cm³/mol. The fraction of sp³-hybridized carbons (Fsp3) is 1.00. The molecule has 0 bridgehead atoms. The van der Waals surface area contributed by atoms with Gasteiger partial charge in [-0.25, -0.2) is 0 Å². The van der Waals surface area contributed by atoms with Crippen molar-refractivity contribution < 1.29 is 10.2 Å². The first-order chi connectivity index (χ1) is 5.72. The lowest BCUT2D eigenvalue weighted by atomic mass is 9.96. The van der Waals surface area contributed by atoms with Crippen molar-refractivity contribution in [2.75, 3.05) is 6.61 Å². The van der Waals surface area contributed by atoms with E-state index < -0.39 is 0 Å². The highest BCUT2D eigenvalue weighted by Crippen LogP contribution is 2.14. The molecule has 2 heteroatoms. The summed E-state index contributed by atoms with van der Waals surface area (Å²) in [5.41, 5.74) is 0. The van der Waals surface area contributed by atoms with Gasteiger partial charge < -0.3 is 10.2 Å². The van der Waals surface area contributed by atoms with Crippen LogP contribution in [0.25, 0.3) is 0 Å². The number of unbranched alkanes of at least 4 members (excludes halogenated alkanes) is 2. The summed E-state index contributed by atoms with van der Waals surface area (Å²) in [6.45, 7) is 4.40. The summed E-state index contributed by atoms with van der Waals surface area (Å²) in [6.07, 6.45) is 4.89. The molecule has 0 amide bonds. The molecule has 0 aliphatic rings. The minimum atomic E-state index is -0.140. The minimum absolute atomic E-state index is 0.140. The molecule has 2 N–H and O–H groups in total. The third-order valence-electron chi connectivity index (χ3n) is 2.39. The normalized spacial score (nSPS) is 16.0. The van der Waals surface area contributed by atoms with Crippen LogP contribution in [0.5, 0.6) is 0 Å². The Labute approximate surface area is 75.6 Å². The lowest BCUT2D eigenvalue weighted by Crippen LogP contribution is -2.15. The molecule has 0 heterocycles. The van der Waals surface area contributed by atoms with Crippen LogP contribution in [0.1, 0.15) is 46.0 Å². The monoisotopic (exact) mass is 174 g/mol.